The Labute approximate surface area is 98.6 Å². The average molecular weight is 232 g/mol. The lowest BCUT2D eigenvalue weighted by atomic mass is 9.88. The number of aliphatic hydroxyl groups excluding tert-OH is 1. The zero-order valence-corrected chi connectivity index (χ0v) is 10.9. The third kappa shape index (κ3) is 6.07. The van der Waals surface area contributed by atoms with Gasteiger partial charge in [0, 0.05) is 12.0 Å². The molecule has 0 rings (SSSR count). The van der Waals surface area contributed by atoms with Crippen molar-refractivity contribution in [2.24, 2.45) is 11.1 Å². The standard InChI is InChI=1S/C11H24N2OS/c1-4-13(8-9-14)7-5-6-11(2,3)10(12)15/h14H,4-9H2,1-3H3,(H2,12,15). The number of thiocarbonyl (C=S) groups is 1. The van der Waals surface area contributed by atoms with Crippen LogP contribution in [0.4, 0.5) is 0 Å². The SMILES string of the molecule is CCN(CCO)CCCC(C)(C)C(N)=S. The summed E-state index contributed by atoms with van der Waals surface area (Å²) >= 11 is 5.01. The normalized spacial score (nSPS) is 12.1. The molecule has 0 fully saturated rings. The van der Waals surface area contributed by atoms with Crippen molar-refractivity contribution < 1.29 is 5.11 Å². The van der Waals surface area contributed by atoms with E-state index in [1.807, 2.05) is 0 Å². The predicted octanol–water partition coefficient (Wildman–Crippen LogP) is 1.39. The van der Waals surface area contributed by atoms with Crippen molar-refractivity contribution in [3.8, 4) is 0 Å². The Morgan fingerprint density at radius 2 is 2.00 bits per heavy atom. The zero-order chi connectivity index (χ0) is 11.9. The minimum atomic E-state index is -0.0477. The van der Waals surface area contributed by atoms with E-state index in [0.717, 1.165) is 32.5 Å². The summed E-state index contributed by atoms with van der Waals surface area (Å²) in [5.41, 5.74) is 5.61. The fourth-order valence-corrected chi connectivity index (χ4v) is 1.54. The quantitative estimate of drug-likeness (QED) is 0.621. The molecule has 0 aromatic rings. The van der Waals surface area contributed by atoms with Gasteiger partial charge in [0.15, 0.2) is 0 Å². The molecule has 0 aromatic heterocycles. The maximum absolute atomic E-state index is 8.83. The monoisotopic (exact) mass is 232 g/mol. The number of likely N-dealkylation sites (N-methyl/N-ethyl adjacent to an activating group) is 1. The summed E-state index contributed by atoms with van der Waals surface area (Å²) < 4.78 is 0. The van der Waals surface area contributed by atoms with Gasteiger partial charge in [0.2, 0.25) is 0 Å². The molecule has 0 saturated carbocycles. The molecule has 0 aromatic carbocycles. The van der Waals surface area contributed by atoms with Crippen molar-refractivity contribution in [2.45, 2.75) is 33.6 Å². The highest BCUT2D eigenvalue weighted by Crippen LogP contribution is 2.22. The molecule has 90 valence electrons. The van der Waals surface area contributed by atoms with Crippen LogP contribution >= 0.6 is 12.2 Å². The molecule has 0 bridgehead atoms. The van der Waals surface area contributed by atoms with Gasteiger partial charge in [-0.25, -0.2) is 0 Å². The van der Waals surface area contributed by atoms with Crippen molar-refractivity contribution in [1.82, 2.24) is 4.90 Å². The van der Waals surface area contributed by atoms with E-state index in [1.165, 1.54) is 0 Å². The van der Waals surface area contributed by atoms with Crippen molar-refractivity contribution in [2.75, 3.05) is 26.2 Å². The largest absolute Gasteiger partial charge is 0.395 e. The topological polar surface area (TPSA) is 49.5 Å². The molecule has 3 nitrogen and oxygen atoms in total. The molecule has 0 amide bonds. The molecule has 0 aliphatic rings. The van der Waals surface area contributed by atoms with Crippen molar-refractivity contribution in [1.29, 1.82) is 0 Å². The number of rotatable bonds is 8. The van der Waals surface area contributed by atoms with Crippen LogP contribution in [0.2, 0.25) is 0 Å². The zero-order valence-electron chi connectivity index (χ0n) is 10.1. The molecular weight excluding hydrogens is 208 g/mol. The first-order valence-electron chi connectivity index (χ1n) is 5.57. The highest BCUT2D eigenvalue weighted by atomic mass is 32.1. The Kier molecular flexibility index (Phi) is 7.05. The van der Waals surface area contributed by atoms with Crippen LogP contribution in [0.3, 0.4) is 0 Å². The fourth-order valence-electron chi connectivity index (χ4n) is 1.44. The van der Waals surface area contributed by atoms with Crippen molar-refractivity contribution >= 4 is 17.2 Å². The van der Waals surface area contributed by atoms with E-state index in [4.69, 9.17) is 23.1 Å². The first kappa shape index (κ1) is 14.8. The highest BCUT2D eigenvalue weighted by molar-refractivity contribution is 7.80. The number of hydrogen-bond acceptors (Lipinski definition) is 3. The second-order valence-corrected chi connectivity index (χ2v) is 4.95. The molecular formula is C11H24N2OS. The summed E-state index contributed by atoms with van der Waals surface area (Å²) in [6.45, 7) is 9.23. The molecule has 0 aliphatic heterocycles. The predicted molar refractivity (Wildman–Crippen MR) is 69.0 cm³/mol. The van der Waals surface area contributed by atoms with Crippen LogP contribution in [0.5, 0.6) is 0 Å². The number of hydrogen-bond donors (Lipinski definition) is 2. The molecule has 0 spiro atoms. The second-order valence-electron chi connectivity index (χ2n) is 4.51. The van der Waals surface area contributed by atoms with Gasteiger partial charge in [-0.2, -0.15) is 0 Å². The Bertz CT molecular complexity index is 195. The van der Waals surface area contributed by atoms with Crippen LogP contribution in [-0.4, -0.2) is 41.2 Å². The average Bonchev–Trinajstić information content (AvgIpc) is 2.16. The van der Waals surface area contributed by atoms with Crippen LogP contribution in [-0.2, 0) is 0 Å². The van der Waals surface area contributed by atoms with Crippen LogP contribution < -0.4 is 5.73 Å². The van der Waals surface area contributed by atoms with Gasteiger partial charge in [-0.05, 0) is 25.9 Å². The van der Waals surface area contributed by atoms with E-state index in [9.17, 15) is 0 Å². The molecule has 4 heteroatoms. The molecule has 0 heterocycles. The van der Waals surface area contributed by atoms with E-state index >= 15 is 0 Å². The summed E-state index contributed by atoms with van der Waals surface area (Å²) in [4.78, 5) is 2.82. The molecule has 3 N–H and O–H groups in total. The first-order valence-corrected chi connectivity index (χ1v) is 5.98. The van der Waals surface area contributed by atoms with Crippen LogP contribution in [0.1, 0.15) is 33.6 Å². The maximum atomic E-state index is 8.83. The minimum Gasteiger partial charge on any atom is -0.395 e. The van der Waals surface area contributed by atoms with Gasteiger partial charge >= 0.3 is 0 Å². The van der Waals surface area contributed by atoms with Gasteiger partial charge in [-0.3, -0.25) is 0 Å². The van der Waals surface area contributed by atoms with E-state index in [1.54, 1.807) is 0 Å². The van der Waals surface area contributed by atoms with Crippen molar-refractivity contribution in [3.63, 3.8) is 0 Å². The van der Waals surface area contributed by atoms with Gasteiger partial charge in [0.1, 0.15) is 0 Å². The molecule has 15 heavy (non-hydrogen) atoms. The Morgan fingerprint density at radius 1 is 1.40 bits per heavy atom. The summed E-state index contributed by atoms with van der Waals surface area (Å²) in [7, 11) is 0. The van der Waals surface area contributed by atoms with Crippen LogP contribution in [0.25, 0.3) is 0 Å². The number of nitrogens with two attached hydrogens (primary N) is 1. The lowest BCUT2D eigenvalue weighted by Gasteiger charge is -2.25. The summed E-state index contributed by atoms with van der Waals surface area (Å²) in [5.74, 6) is 0. The molecule has 0 unspecified atom stereocenters. The Balaban J connectivity index is 3.81. The van der Waals surface area contributed by atoms with E-state index in [2.05, 4.69) is 25.7 Å². The van der Waals surface area contributed by atoms with Crippen molar-refractivity contribution in [3.05, 3.63) is 0 Å². The second kappa shape index (κ2) is 7.14. The maximum Gasteiger partial charge on any atom is 0.0784 e. The smallest absolute Gasteiger partial charge is 0.0784 e. The summed E-state index contributed by atoms with van der Waals surface area (Å²) in [5, 5.41) is 8.83. The third-order valence-corrected chi connectivity index (χ3v) is 3.36. The van der Waals surface area contributed by atoms with E-state index in [0.29, 0.717) is 4.99 Å². The van der Waals surface area contributed by atoms with Gasteiger partial charge in [0.25, 0.3) is 0 Å². The Morgan fingerprint density at radius 3 is 2.40 bits per heavy atom. The molecule has 0 atom stereocenters. The van der Waals surface area contributed by atoms with E-state index < -0.39 is 0 Å². The minimum absolute atomic E-state index is 0.0477. The van der Waals surface area contributed by atoms with E-state index in [-0.39, 0.29) is 12.0 Å². The lowest BCUT2D eigenvalue weighted by molar-refractivity contribution is 0.196. The molecule has 0 saturated heterocycles. The third-order valence-electron chi connectivity index (χ3n) is 2.81. The fraction of sp³-hybridized carbons (Fsp3) is 0.909. The van der Waals surface area contributed by atoms with Crippen LogP contribution in [0, 0.1) is 5.41 Å². The van der Waals surface area contributed by atoms with Crippen LogP contribution in [0.15, 0.2) is 0 Å². The number of nitrogens with zero attached hydrogens (tertiary/aromatic N) is 1. The summed E-state index contributed by atoms with van der Waals surface area (Å²) in [6.07, 6.45) is 2.07. The van der Waals surface area contributed by atoms with Gasteiger partial charge in [0.05, 0.1) is 11.6 Å². The number of aliphatic hydroxyl groups is 1. The first-order chi connectivity index (χ1) is 6.94. The van der Waals surface area contributed by atoms with Gasteiger partial charge < -0.3 is 15.7 Å². The summed E-state index contributed by atoms with van der Waals surface area (Å²) in [6, 6.07) is 0. The van der Waals surface area contributed by atoms with Gasteiger partial charge in [-0.15, -0.1) is 0 Å². The Hall–Kier alpha value is -0.190. The highest BCUT2D eigenvalue weighted by Gasteiger charge is 2.20. The molecule has 0 aliphatic carbocycles. The lowest BCUT2D eigenvalue weighted by Crippen LogP contribution is -2.32. The molecule has 0 radical (unpaired) electrons. The van der Waals surface area contributed by atoms with Gasteiger partial charge in [-0.1, -0.05) is 33.0 Å².